The number of nitrogen functional groups attached to an aromatic ring is 1. The second kappa shape index (κ2) is 11.2. The maximum atomic E-state index is 13.2. The summed E-state index contributed by atoms with van der Waals surface area (Å²) in [7, 11) is 0. The lowest BCUT2D eigenvalue weighted by Gasteiger charge is -2.37. The first-order valence-electron chi connectivity index (χ1n) is 11.8. The minimum atomic E-state index is 0.104. The van der Waals surface area contributed by atoms with Gasteiger partial charge in [0.15, 0.2) is 0 Å². The molecule has 0 aromatic carbocycles. The van der Waals surface area contributed by atoms with Gasteiger partial charge in [-0.1, -0.05) is 11.2 Å². The Balaban J connectivity index is 1.27. The second-order valence-electron chi connectivity index (χ2n) is 8.71. The molecule has 2 aliphatic heterocycles. The molecule has 2 saturated heterocycles. The number of rotatable bonds is 7. The van der Waals surface area contributed by atoms with Crippen LogP contribution in [0.2, 0.25) is 0 Å². The molecule has 2 aromatic rings. The minimum absolute atomic E-state index is 0.104. The lowest BCUT2D eigenvalue weighted by atomic mass is 9.88. The number of carbonyl (C=O) groups is 1. The molecule has 1 amide bonds. The molecule has 4 rings (SSSR count). The molecule has 4 heterocycles. The Morgan fingerprint density at radius 2 is 1.76 bits per heavy atom. The molecule has 2 N–H and O–H groups in total. The van der Waals surface area contributed by atoms with E-state index in [0.717, 1.165) is 75.4 Å². The molecule has 2 aromatic heterocycles. The third-order valence-corrected chi connectivity index (χ3v) is 6.48. The van der Waals surface area contributed by atoms with Gasteiger partial charge in [-0.25, -0.2) is 9.97 Å². The maximum Gasteiger partial charge on any atom is 0.225 e. The lowest BCUT2D eigenvalue weighted by molar-refractivity contribution is -0.138. The summed E-state index contributed by atoms with van der Waals surface area (Å²) in [6, 6.07) is 5.84. The van der Waals surface area contributed by atoms with Crippen LogP contribution in [0.3, 0.4) is 0 Å². The molecule has 2 fully saturated rings. The van der Waals surface area contributed by atoms with Crippen LogP contribution in [-0.2, 0) is 16.2 Å². The third-order valence-electron chi connectivity index (χ3n) is 6.48. The Morgan fingerprint density at radius 3 is 2.39 bits per heavy atom. The van der Waals surface area contributed by atoms with E-state index in [1.807, 2.05) is 30.0 Å². The molecule has 0 aliphatic carbocycles. The summed E-state index contributed by atoms with van der Waals surface area (Å²) in [4.78, 5) is 35.5. The van der Waals surface area contributed by atoms with Crippen molar-refractivity contribution < 1.29 is 9.63 Å². The summed E-state index contributed by atoms with van der Waals surface area (Å²) in [5.74, 6) is 0.945. The average Bonchev–Trinajstić information content (AvgIpc) is 2.87. The van der Waals surface area contributed by atoms with Gasteiger partial charge in [-0.05, 0) is 57.8 Å². The second-order valence-corrected chi connectivity index (χ2v) is 8.71. The van der Waals surface area contributed by atoms with Gasteiger partial charge in [-0.3, -0.25) is 14.7 Å². The number of aromatic nitrogens is 3. The van der Waals surface area contributed by atoms with Crippen LogP contribution in [0, 0.1) is 11.8 Å². The van der Waals surface area contributed by atoms with Crippen LogP contribution in [0.15, 0.2) is 41.9 Å². The van der Waals surface area contributed by atoms with Gasteiger partial charge in [0, 0.05) is 55.6 Å². The molecule has 0 atom stereocenters. The molecule has 0 saturated carbocycles. The predicted octanol–water partition coefficient (Wildman–Crippen LogP) is 2.35. The summed E-state index contributed by atoms with van der Waals surface area (Å²) in [5.41, 5.74) is 8.36. The summed E-state index contributed by atoms with van der Waals surface area (Å²) in [6.07, 6.45) is 8.87. The zero-order chi connectivity index (χ0) is 23.0. The van der Waals surface area contributed by atoms with E-state index in [9.17, 15) is 4.79 Å². The van der Waals surface area contributed by atoms with Crippen LogP contribution < -0.4 is 5.73 Å². The Hall–Kier alpha value is -3.07. The molecule has 0 bridgehead atoms. The summed E-state index contributed by atoms with van der Waals surface area (Å²) in [6.45, 7) is 6.56. The normalized spacial score (nSPS) is 18.9. The number of piperidine rings is 2. The Kier molecular flexibility index (Phi) is 7.83. The average molecular weight is 452 g/mol. The summed E-state index contributed by atoms with van der Waals surface area (Å²) in [5, 5.41) is 4.37. The summed E-state index contributed by atoms with van der Waals surface area (Å²) >= 11 is 0. The van der Waals surface area contributed by atoms with E-state index in [1.165, 1.54) is 0 Å². The van der Waals surface area contributed by atoms with Crippen LogP contribution in [0.5, 0.6) is 0 Å². The number of pyridine rings is 1. The third kappa shape index (κ3) is 6.04. The maximum absolute atomic E-state index is 13.2. The molecule has 0 radical (unpaired) electrons. The molecule has 9 nitrogen and oxygen atoms in total. The molecule has 0 spiro atoms. The van der Waals surface area contributed by atoms with Gasteiger partial charge in [0.2, 0.25) is 11.9 Å². The van der Waals surface area contributed by atoms with Crippen LogP contribution in [0.25, 0.3) is 0 Å². The van der Waals surface area contributed by atoms with Gasteiger partial charge in [0.25, 0.3) is 0 Å². The number of anilines is 1. The van der Waals surface area contributed by atoms with E-state index in [-0.39, 0.29) is 11.8 Å². The highest BCUT2D eigenvalue weighted by atomic mass is 16.6. The van der Waals surface area contributed by atoms with Gasteiger partial charge >= 0.3 is 0 Å². The van der Waals surface area contributed by atoms with E-state index in [2.05, 4.69) is 25.0 Å². The largest absolute Gasteiger partial charge is 0.396 e. The fourth-order valence-corrected chi connectivity index (χ4v) is 4.65. The van der Waals surface area contributed by atoms with Crippen molar-refractivity contribution in [2.75, 3.05) is 38.5 Å². The zero-order valence-corrected chi connectivity index (χ0v) is 19.3. The highest BCUT2D eigenvalue weighted by Gasteiger charge is 2.32. The van der Waals surface area contributed by atoms with Gasteiger partial charge in [0.05, 0.1) is 5.69 Å². The van der Waals surface area contributed by atoms with E-state index < -0.39 is 0 Å². The predicted molar refractivity (Wildman–Crippen MR) is 126 cm³/mol. The SMILES string of the molecule is CCON=C(c1ccccn1)C1CCN(C(=O)C2CCN(Cc3cnc(N)nc3)CC2)CC1. The first-order chi connectivity index (χ1) is 16.1. The summed E-state index contributed by atoms with van der Waals surface area (Å²) < 4.78 is 0. The zero-order valence-electron chi connectivity index (χ0n) is 19.3. The first-order valence-corrected chi connectivity index (χ1v) is 11.8. The fraction of sp³-hybridized carbons (Fsp3) is 0.542. The van der Waals surface area contributed by atoms with E-state index in [0.29, 0.717) is 18.5 Å². The molecule has 2 aliphatic rings. The van der Waals surface area contributed by atoms with Gasteiger partial charge < -0.3 is 15.5 Å². The van der Waals surface area contributed by atoms with Gasteiger partial charge in [-0.15, -0.1) is 0 Å². The Labute approximate surface area is 195 Å². The first kappa shape index (κ1) is 23.1. The molecular weight excluding hydrogens is 418 g/mol. The van der Waals surface area contributed by atoms with E-state index in [1.54, 1.807) is 18.6 Å². The number of hydrogen-bond donors (Lipinski definition) is 1. The number of nitrogens with zero attached hydrogens (tertiary/aromatic N) is 6. The van der Waals surface area contributed by atoms with E-state index in [4.69, 9.17) is 10.6 Å². The lowest BCUT2D eigenvalue weighted by Crippen LogP contribution is -2.46. The van der Waals surface area contributed by atoms with Crippen molar-refractivity contribution in [2.45, 2.75) is 39.2 Å². The molecule has 176 valence electrons. The van der Waals surface area contributed by atoms with Crippen LogP contribution in [-0.4, -0.2) is 69.2 Å². The van der Waals surface area contributed by atoms with Crippen LogP contribution >= 0.6 is 0 Å². The Morgan fingerprint density at radius 1 is 1.06 bits per heavy atom. The highest BCUT2D eigenvalue weighted by Crippen LogP contribution is 2.26. The molecule has 9 heteroatoms. The van der Waals surface area contributed by atoms with Crippen molar-refractivity contribution in [3.8, 4) is 0 Å². The molecule has 0 unspecified atom stereocenters. The number of carbonyl (C=O) groups excluding carboxylic acids is 1. The smallest absolute Gasteiger partial charge is 0.225 e. The molecule has 33 heavy (non-hydrogen) atoms. The van der Waals surface area contributed by atoms with Crippen LogP contribution in [0.4, 0.5) is 5.95 Å². The number of likely N-dealkylation sites (tertiary alicyclic amines) is 2. The number of hydrogen-bond acceptors (Lipinski definition) is 8. The van der Waals surface area contributed by atoms with Crippen molar-refractivity contribution >= 4 is 17.6 Å². The monoisotopic (exact) mass is 451 g/mol. The topological polar surface area (TPSA) is 110 Å². The van der Waals surface area contributed by atoms with Crippen LogP contribution in [0.1, 0.15) is 43.9 Å². The van der Waals surface area contributed by atoms with Crippen molar-refractivity contribution in [1.82, 2.24) is 24.8 Å². The minimum Gasteiger partial charge on any atom is -0.396 e. The fourth-order valence-electron chi connectivity index (χ4n) is 4.65. The quantitative estimate of drug-likeness (QED) is 0.508. The highest BCUT2D eigenvalue weighted by molar-refractivity contribution is 6.00. The van der Waals surface area contributed by atoms with Crippen molar-refractivity contribution in [3.05, 3.63) is 48.0 Å². The number of nitrogens with two attached hydrogens (primary N) is 1. The number of amides is 1. The standard InChI is InChI=1S/C24H33N7O2/c1-2-33-29-22(21-5-3-4-10-26-21)19-8-13-31(14-9-19)23(32)20-6-11-30(12-7-20)17-18-15-27-24(25)28-16-18/h3-5,10,15-16,19-20H,2,6-9,11-14,17H2,1H3,(H2,25,27,28). The molecular formula is C24H33N7O2. The van der Waals surface area contributed by atoms with Crippen molar-refractivity contribution in [3.63, 3.8) is 0 Å². The van der Waals surface area contributed by atoms with E-state index >= 15 is 0 Å². The Bertz CT molecular complexity index is 920. The van der Waals surface area contributed by atoms with Gasteiger partial charge in [-0.2, -0.15) is 0 Å². The number of oxime groups is 1. The van der Waals surface area contributed by atoms with Gasteiger partial charge in [0.1, 0.15) is 12.3 Å². The van der Waals surface area contributed by atoms with Crippen molar-refractivity contribution in [1.29, 1.82) is 0 Å². The van der Waals surface area contributed by atoms with Crippen molar-refractivity contribution in [2.24, 2.45) is 17.0 Å².